The second-order valence-electron chi connectivity index (χ2n) is 6.31. The zero-order chi connectivity index (χ0) is 11.4. The molecule has 0 saturated heterocycles. The molecule has 2 aliphatic rings. The van der Waals surface area contributed by atoms with E-state index in [9.17, 15) is 4.79 Å². The molecule has 0 radical (unpaired) electrons. The molecule has 3 nitrogen and oxygen atoms in total. The summed E-state index contributed by atoms with van der Waals surface area (Å²) in [6, 6.07) is 0.634. The third-order valence-corrected chi connectivity index (χ3v) is 4.80. The summed E-state index contributed by atoms with van der Waals surface area (Å²) >= 11 is 0. The molecule has 2 aliphatic carbocycles. The number of carbonyl (C=O) groups is 1. The van der Waals surface area contributed by atoms with Gasteiger partial charge in [0.05, 0.1) is 0 Å². The highest BCUT2D eigenvalue weighted by Crippen LogP contribution is 2.68. The lowest BCUT2D eigenvalue weighted by Gasteiger charge is -2.33. The SMILES string of the molecule is CC1(C)C(C(=O)NC2CC(N)C2)C1(C)C. The predicted molar refractivity (Wildman–Crippen MR) is 60.2 cm³/mol. The summed E-state index contributed by atoms with van der Waals surface area (Å²) in [6.07, 6.45) is 1.89. The first-order valence-electron chi connectivity index (χ1n) is 5.83. The number of nitrogens with one attached hydrogen (secondary N) is 1. The second-order valence-corrected chi connectivity index (χ2v) is 6.31. The van der Waals surface area contributed by atoms with Crippen LogP contribution in [-0.2, 0) is 4.79 Å². The van der Waals surface area contributed by atoms with Gasteiger partial charge in [0, 0.05) is 18.0 Å². The highest BCUT2D eigenvalue weighted by atomic mass is 16.2. The Morgan fingerprint density at radius 3 is 2.00 bits per heavy atom. The van der Waals surface area contributed by atoms with Crippen LogP contribution in [0.5, 0.6) is 0 Å². The Labute approximate surface area is 91.8 Å². The highest BCUT2D eigenvalue weighted by molar-refractivity contribution is 5.84. The van der Waals surface area contributed by atoms with Gasteiger partial charge in [-0.2, -0.15) is 0 Å². The third kappa shape index (κ3) is 1.48. The van der Waals surface area contributed by atoms with E-state index in [1.165, 1.54) is 0 Å². The van der Waals surface area contributed by atoms with Crippen LogP contribution in [0.25, 0.3) is 0 Å². The van der Waals surface area contributed by atoms with Crippen molar-refractivity contribution in [3.8, 4) is 0 Å². The van der Waals surface area contributed by atoms with E-state index in [1.807, 2.05) is 0 Å². The van der Waals surface area contributed by atoms with Gasteiger partial charge in [-0.3, -0.25) is 4.79 Å². The van der Waals surface area contributed by atoms with Crippen LogP contribution in [0, 0.1) is 16.7 Å². The van der Waals surface area contributed by atoms with E-state index in [2.05, 4.69) is 33.0 Å². The molecule has 3 heteroatoms. The van der Waals surface area contributed by atoms with Crippen molar-refractivity contribution in [3.05, 3.63) is 0 Å². The first-order chi connectivity index (χ1) is 6.76. The maximum atomic E-state index is 12.0. The van der Waals surface area contributed by atoms with E-state index in [1.54, 1.807) is 0 Å². The second kappa shape index (κ2) is 2.97. The van der Waals surface area contributed by atoms with Crippen molar-refractivity contribution in [2.45, 2.75) is 52.6 Å². The van der Waals surface area contributed by atoms with Crippen molar-refractivity contribution in [3.63, 3.8) is 0 Å². The van der Waals surface area contributed by atoms with E-state index >= 15 is 0 Å². The van der Waals surface area contributed by atoms with Crippen LogP contribution in [0.3, 0.4) is 0 Å². The van der Waals surface area contributed by atoms with Gasteiger partial charge in [0.15, 0.2) is 0 Å². The summed E-state index contributed by atoms with van der Waals surface area (Å²) in [7, 11) is 0. The molecule has 0 aromatic heterocycles. The Morgan fingerprint density at radius 1 is 1.20 bits per heavy atom. The molecule has 2 rings (SSSR count). The normalized spacial score (nSPS) is 36.9. The van der Waals surface area contributed by atoms with Gasteiger partial charge in [-0.05, 0) is 23.7 Å². The first-order valence-corrected chi connectivity index (χ1v) is 5.83. The molecule has 0 heterocycles. The van der Waals surface area contributed by atoms with Gasteiger partial charge in [-0.1, -0.05) is 27.7 Å². The Bertz CT molecular complexity index is 276. The van der Waals surface area contributed by atoms with Crippen LogP contribution >= 0.6 is 0 Å². The van der Waals surface area contributed by atoms with Crippen LogP contribution in [0.4, 0.5) is 0 Å². The van der Waals surface area contributed by atoms with Crippen LogP contribution < -0.4 is 11.1 Å². The lowest BCUT2D eigenvalue weighted by atomic mass is 9.87. The zero-order valence-corrected chi connectivity index (χ0v) is 10.1. The maximum absolute atomic E-state index is 12.0. The summed E-state index contributed by atoms with van der Waals surface area (Å²) in [4.78, 5) is 12.0. The average Bonchev–Trinajstić information content (AvgIpc) is 2.39. The molecule has 2 fully saturated rings. The van der Waals surface area contributed by atoms with Crippen molar-refractivity contribution >= 4 is 5.91 Å². The number of amides is 1. The summed E-state index contributed by atoms with van der Waals surface area (Å²) < 4.78 is 0. The van der Waals surface area contributed by atoms with Crippen molar-refractivity contribution < 1.29 is 4.79 Å². The zero-order valence-electron chi connectivity index (χ0n) is 10.1. The molecule has 1 amide bonds. The van der Waals surface area contributed by atoms with Crippen molar-refractivity contribution in [1.82, 2.24) is 5.32 Å². The molecule has 15 heavy (non-hydrogen) atoms. The van der Waals surface area contributed by atoms with Gasteiger partial charge in [-0.15, -0.1) is 0 Å². The average molecular weight is 210 g/mol. The van der Waals surface area contributed by atoms with E-state index in [4.69, 9.17) is 5.73 Å². The fourth-order valence-corrected chi connectivity index (χ4v) is 2.92. The number of hydrogen-bond acceptors (Lipinski definition) is 2. The summed E-state index contributed by atoms with van der Waals surface area (Å²) in [5.41, 5.74) is 5.98. The molecule has 0 spiro atoms. The van der Waals surface area contributed by atoms with E-state index < -0.39 is 0 Å². The van der Waals surface area contributed by atoms with Gasteiger partial charge in [-0.25, -0.2) is 0 Å². The quantitative estimate of drug-likeness (QED) is 0.721. The van der Waals surface area contributed by atoms with Crippen LogP contribution in [-0.4, -0.2) is 18.0 Å². The van der Waals surface area contributed by atoms with Gasteiger partial charge < -0.3 is 11.1 Å². The van der Waals surface area contributed by atoms with Gasteiger partial charge >= 0.3 is 0 Å². The lowest BCUT2D eigenvalue weighted by molar-refractivity contribution is -0.124. The fraction of sp³-hybridized carbons (Fsp3) is 0.917. The molecule has 3 N–H and O–H groups in total. The number of hydrogen-bond donors (Lipinski definition) is 2. The predicted octanol–water partition coefficient (Wildman–Crippen LogP) is 1.27. The molecule has 0 aliphatic heterocycles. The minimum absolute atomic E-state index is 0.142. The van der Waals surface area contributed by atoms with Crippen LogP contribution in [0.2, 0.25) is 0 Å². The highest BCUT2D eigenvalue weighted by Gasteiger charge is 2.68. The molecule has 2 saturated carbocycles. The van der Waals surface area contributed by atoms with Gasteiger partial charge in [0.1, 0.15) is 0 Å². The molecule has 0 aromatic carbocycles. The lowest BCUT2D eigenvalue weighted by Crippen LogP contribution is -2.51. The minimum Gasteiger partial charge on any atom is -0.353 e. The van der Waals surface area contributed by atoms with E-state index in [0.29, 0.717) is 12.1 Å². The smallest absolute Gasteiger partial charge is 0.224 e. The molecule has 0 atom stereocenters. The largest absolute Gasteiger partial charge is 0.353 e. The third-order valence-electron chi connectivity index (χ3n) is 4.80. The molecule has 0 unspecified atom stereocenters. The van der Waals surface area contributed by atoms with Crippen LogP contribution in [0.15, 0.2) is 0 Å². The molecular formula is C12H22N2O. The Balaban J connectivity index is 1.89. The molecule has 86 valence electrons. The fourth-order valence-electron chi connectivity index (χ4n) is 2.92. The number of nitrogens with two attached hydrogens (primary N) is 1. The van der Waals surface area contributed by atoms with Crippen molar-refractivity contribution in [2.75, 3.05) is 0 Å². The van der Waals surface area contributed by atoms with Gasteiger partial charge in [0.2, 0.25) is 5.91 Å². The first kappa shape index (κ1) is 10.9. The summed E-state index contributed by atoms with van der Waals surface area (Å²) in [5.74, 6) is 0.392. The Morgan fingerprint density at radius 2 is 1.67 bits per heavy atom. The number of carbonyl (C=O) groups excluding carboxylic acids is 1. The van der Waals surface area contributed by atoms with E-state index in [-0.39, 0.29) is 22.7 Å². The van der Waals surface area contributed by atoms with Gasteiger partial charge in [0.25, 0.3) is 0 Å². The van der Waals surface area contributed by atoms with E-state index in [0.717, 1.165) is 12.8 Å². The molecule has 0 bridgehead atoms. The number of rotatable bonds is 2. The topological polar surface area (TPSA) is 55.1 Å². The summed E-state index contributed by atoms with van der Waals surface area (Å²) in [5, 5.41) is 3.10. The monoisotopic (exact) mass is 210 g/mol. The van der Waals surface area contributed by atoms with Crippen molar-refractivity contribution in [1.29, 1.82) is 0 Å². The van der Waals surface area contributed by atoms with Crippen molar-refractivity contribution in [2.24, 2.45) is 22.5 Å². The maximum Gasteiger partial charge on any atom is 0.224 e. The Kier molecular flexibility index (Phi) is 2.16. The standard InChI is InChI=1S/C12H22N2O/c1-11(2)9(12(11,3)4)10(15)14-8-5-7(13)6-8/h7-9H,5-6,13H2,1-4H3,(H,14,15). The molecule has 0 aromatic rings. The van der Waals surface area contributed by atoms with Crippen LogP contribution in [0.1, 0.15) is 40.5 Å². The Hall–Kier alpha value is -0.570. The minimum atomic E-state index is 0.142. The summed E-state index contributed by atoms with van der Waals surface area (Å²) in [6.45, 7) is 8.68. The molecular weight excluding hydrogens is 188 g/mol.